The second kappa shape index (κ2) is 16.6. The van der Waals surface area contributed by atoms with Crippen molar-refractivity contribution in [2.24, 2.45) is 11.8 Å². The second-order valence-corrected chi connectivity index (χ2v) is 13.9. The van der Waals surface area contributed by atoms with Crippen LogP contribution in [0.1, 0.15) is 86.3 Å². The topological polar surface area (TPSA) is 175 Å². The van der Waals surface area contributed by atoms with E-state index in [1.165, 1.54) is 14.2 Å². The van der Waals surface area contributed by atoms with Gasteiger partial charge in [-0.3, -0.25) is 9.59 Å². The van der Waals surface area contributed by atoms with E-state index in [1.807, 2.05) is 50.2 Å². The number of likely N-dealkylation sites (tertiary alicyclic amines) is 2. The van der Waals surface area contributed by atoms with Crippen molar-refractivity contribution < 1.29 is 28.7 Å². The predicted molar refractivity (Wildman–Crippen MR) is 200 cm³/mol. The molecule has 2 aliphatic rings. The third kappa shape index (κ3) is 8.67. The van der Waals surface area contributed by atoms with Gasteiger partial charge in [-0.25, -0.2) is 19.6 Å². The summed E-state index contributed by atoms with van der Waals surface area (Å²) in [5.74, 6) is 13.9. The highest BCUT2D eigenvalue weighted by Gasteiger charge is 2.38. The maximum absolute atomic E-state index is 13.4. The minimum Gasteiger partial charge on any atom is -0.453 e. The molecule has 0 radical (unpaired) electrons. The van der Waals surface area contributed by atoms with E-state index in [1.54, 1.807) is 22.2 Å². The maximum atomic E-state index is 13.4. The zero-order valence-corrected chi connectivity index (χ0v) is 31.0. The van der Waals surface area contributed by atoms with Crippen LogP contribution in [0.15, 0.2) is 48.8 Å². The number of nitrogens with zero attached hydrogens (tertiary/aromatic N) is 4. The number of aromatic amines is 2. The number of nitrogens with one attached hydrogen (secondary N) is 4. The Morgan fingerprint density at radius 3 is 2.02 bits per heavy atom. The maximum Gasteiger partial charge on any atom is 0.407 e. The van der Waals surface area contributed by atoms with Gasteiger partial charge in [-0.1, -0.05) is 44.7 Å². The van der Waals surface area contributed by atoms with Crippen LogP contribution >= 0.6 is 0 Å². The van der Waals surface area contributed by atoms with Crippen molar-refractivity contribution in [3.8, 4) is 23.7 Å². The molecule has 14 heteroatoms. The molecule has 2 aliphatic heterocycles. The van der Waals surface area contributed by atoms with Crippen molar-refractivity contribution in [1.29, 1.82) is 0 Å². The molecule has 280 valence electrons. The number of hydrogen-bond acceptors (Lipinski definition) is 8. The molecule has 0 aliphatic carbocycles. The van der Waals surface area contributed by atoms with Gasteiger partial charge in [0.05, 0.1) is 38.7 Å². The van der Waals surface area contributed by atoms with Crippen molar-refractivity contribution in [1.82, 2.24) is 40.4 Å². The molecule has 2 saturated heterocycles. The number of H-pyrrole nitrogens is 2. The molecule has 14 nitrogen and oxygen atoms in total. The Kier molecular flexibility index (Phi) is 11.5. The van der Waals surface area contributed by atoms with Gasteiger partial charge in [-0.2, -0.15) is 0 Å². The number of fused-ring (bicyclic) bond motifs is 1. The van der Waals surface area contributed by atoms with Crippen molar-refractivity contribution >= 4 is 34.8 Å². The fourth-order valence-electron chi connectivity index (χ4n) is 6.91. The minimum atomic E-state index is -0.699. The van der Waals surface area contributed by atoms with E-state index >= 15 is 0 Å². The third-order valence-electron chi connectivity index (χ3n) is 9.67. The van der Waals surface area contributed by atoms with Crippen LogP contribution in [0, 0.1) is 35.5 Å². The van der Waals surface area contributed by atoms with Gasteiger partial charge in [0.1, 0.15) is 35.6 Å². The molecule has 0 saturated carbocycles. The summed E-state index contributed by atoms with van der Waals surface area (Å²) in [7, 11) is 2.54. The summed E-state index contributed by atoms with van der Waals surface area (Å²) in [6.07, 6.45) is 4.41. The van der Waals surface area contributed by atoms with Crippen LogP contribution < -0.4 is 10.6 Å². The zero-order valence-electron chi connectivity index (χ0n) is 31.0. The van der Waals surface area contributed by atoms with Crippen LogP contribution in [0.5, 0.6) is 0 Å². The SMILES string of the molecule is COC(=O)NCC(=O)N1C[C@@H](C)C[C@H]1c1ncc(C#Cc2ccc3cc(C#Cc4cnc([C@@H]5CCCN5C(=O)[C@@H](NC(=O)OC)C(C)C)[nH]4)ccc3c2)[nH]1. The van der Waals surface area contributed by atoms with Crippen molar-refractivity contribution in [2.45, 2.75) is 58.2 Å². The van der Waals surface area contributed by atoms with E-state index < -0.39 is 18.2 Å². The summed E-state index contributed by atoms with van der Waals surface area (Å²) in [6.45, 7) is 6.86. The van der Waals surface area contributed by atoms with Gasteiger partial charge in [0.25, 0.3) is 0 Å². The Morgan fingerprint density at radius 1 is 0.852 bits per heavy atom. The fourth-order valence-corrected chi connectivity index (χ4v) is 6.91. The average Bonchev–Trinajstić information content (AvgIpc) is 4.00. The van der Waals surface area contributed by atoms with E-state index in [0.29, 0.717) is 36.1 Å². The van der Waals surface area contributed by atoms with Crippen molar-refractivity contribution in [3.63, 3.8) is 0 Å². The zero-order chi connectivity index (χ0) is 38.4. The number of alkyl carbamates (subject to hydrolysis) is 2. The number of aromatic nitrogens is 4. The predicted octanol–water partition coefficient (Wildman–Crippen LogP) is 4.40. The normalized spacial score (nSPS) is 18.4. The number of carbonyl (C=O) groups excluding carboxylic acids is 4. The van der Waals surface area contributed by atoms with Gasteiger partial charge in [0, 0.05) is 24.2 Å². The van der Waals surface area contributed by atoms with E-state index in [0.717, 1.165) is 41.2 Å². The summed E-state index contributed by atoms with van der Waals surface area (Å²) in [5.41, 5.74) is 2.95. The molecule has 4 heterocycles. The monoisotopic (exact) mass is 732 g/mol. The second-order valence-electron chi connectivity index (χ2n) is 13.9. The number of ether oxygens (including phenoxy) is 2. The highest BCUT2D eigenvalue weighted by atomic mass is 16.5. The lowest BCUT2D eigenvalue weighted by molar-refractivity contribution is -0.135. The molecule has 6 rings (SSSR count). The summed E-state index contributed by atoms with van der Waals surface area (Å²) >= 11 is 0. The number of imidazole rings is 2. The van der Waals surface area contributed by atoms with Crippen LogP contribution in [0.25, 0.3) is 10.8 Å². The molecule has 2 aromatic heterocycles. The smallest absolute Gasteiger partial charge is 0.407 e. The van der Waals surface area contributed by atoms with Crippen LogP contribution in [-0.4, -0.2) is 93.6 Å². The molecule has 2 fully saturated rings. The van der Waals surface area contributed by atoms with Crippen molar-refractivity contribution in [3.05, 3.63) is 83.0 Å². The van der Waals surface area contributed by atoms with Gasteiger partial charge in [0.2, 0.25) is 11.8 Å². The first-order chi connectivity index (χ1) is 26.0. The lowest BCUT2D eigenvalue weighted by Gasteiger charge is -2.29. The van der Waals surface area contributed by atoms with Gasteiger partial charge in [0.15, 0.2) is 0 Å². The molecule has 54 heavy (non-hydrogen) atoms. The van der Waals surface area contributed by atoms with E-state index in [9.17, 15) is 19.2 Å². The van der Waals surface area contributed by atoms with Crippen LogP contribution in [0.4, 0.5) is 9.59 Å². The quantitative estimate of drug-likeness (QED) is 0.203. The molecule has 0 spiro atoms. The summed E-state index contributed by atoms with van der Waals surface area (Å²) in [5, 5.41) is 7.16. The van der Waals surface area contributed by atoms with E-state index in [-0.39, 0.29) is 42.3 Å². The number of amides is 4. The average molecular weight is 733 g/mol. The molecule has 4 N–H and O–H groups in total. The van der Waals surface area contributed by atoms with Crippen LogP contribution in [-0.2, 0) is 19.1 Å². The molecular weight excluding hydrogens is 688 g/mol. The van der Waals surface area contributed by atoms with Gasteiger partial charge in [-0.15, -0.1) is 0 Å². The standard InChI is InChI=1S/C40H44N8O6/c1-24(2)35(46-40(52)54-5)38(50)47-16-6-7-32(47)36-41-20-30(44-36)14-10-26-8-12-29-19-27(9-13-28(29)18-26)11-15-31-21-42-37(45-31)33-17-25(3)23-48(33)34(49)22-43-39(51)53-4/h8-9,12-13,18-21,24-25,32-33,35H,6-7,16-17,22-23H2,1-5H3,(H,41,44)(H,42,45)(H,43,51)(H,46,52)/t25-,32-,33-,35-/m0/s1. The molecule has 4 amide bonds. The van der Waals surface area contributed by atoms with Gasteiger partial charge >= 0.3 is 12.2 Å². The van der Waals surface area contributed by atoms with Gasteiger partial charge < -0.3 is 39.9 Å². The Balaban J connectivity index is 1.10. The third-order valence-corrected chi connectivity index (χ3v) is 9.67. The number of rotatable bonds is 7. The Labute approximate surface area is 313 Å². The number of methoxy groups -OCH3 is 2. The minimum absolute atomic E-state index is 0.114. The van der Waals surface area contributed by atoms with E-state index in [4.69, 9.17) is 4.74 Å². The highest BCUT2D eigenvalue weighted by molar-refractivity contribution is 5.87. The molecule has 4 aromatic rings. The summed E-state index contributed by atoms with van der Waals surface area (Å²) in [6, 6.07) is 10.8. The molecule has 2 aromatic carbocycles. The Hall–Kier alpha value is -6.28. The number of hydrogen-bond donors (Lipinski definition) is 4. The Bertz CT molecular complexity index is 2170. The molecular formula is C40H44N8O6. The number of carbonyl (C=O) groups is 4. The summed E-state index contributed by atoms with van der Waals surface area (Å²) in [4.78, 5) is 68.8. The molecule has 0 unspecified atom stereocenters. The molecule has 0 bridgehead atoms. The lowest BCUT2D eigenvalue weighted by atomic mass is 10.0. The van der Waals surface area contributed by atoms with Crippen molar-refractivity contribution in [2.75, 3.05) is 33.9 Å². The first kappa shape index (κ1) is 37.5. The highest BCUT2D eigenvalue weighted by Crippen LogP contribution is 2.34. The van der Waals surface area contributed by atoms with Gasteiger partial charge in [-0.05, 0) is 78.0 Å². The number of benzene rings is 2. The largest absolute Gasteiger partial charge is 0.453 e. The van der Waals surface area contributed by atoms with Crippen LogP contribution in [0.2, 0.25) is 0 Å². The summed E-state index contributed by atoms with van der Waals surface area (Å²) < 4.78 is 9.31. The molecule has 4 atom stereocenters. The lowest BCUT2D eigenvalue weighted by Crippen LogP contribution is -2.51. The van der Waals surface area contributed by atoms with E-state index in [2.05, 4.69) is 65.9 Å². The fraction of sp³-hybridized carbons (Fsp3) is 0.400. The van der Waals surface area contributed by atoms with Crippen LogP contribution in [0.3, 0.4) is 0 Å². The first-order valence-electron chi connectivity index (χ1n) is 18.0. The first-order valence-corrected chi connectivity index (χ1v) is 18.0. The Morgan fingerprint density at radius 2 is 1.44 bits per heavy atom.